The molecule has 0 spiro atoms. The van der Waals surface area contributed by atoms with Crippen LogP contribution in [0.2, 0.25) is 0 Å². The van der Waals surface area contributed by atoms with Crippen molar-refractivity contribution in [2.45, 2.75) is 32.6 Å². The van der Waals surface area contributed by atoms with Crippen LogP contribution in [0.4, 0.5) is 5.69 Å². The molecule has 4 heteroatoms. The summed E-state index contributed by atoms with van der Waals surface area (Å²) >= 11 is 2.25. The Hall–Kier alpha value is -0.910. The van der Waals surface area contributed by atoms with Crippen molar-refractivity contribution in [1.82, 2.24) is 0 Å². The minimum absolute atomic E-state index is 0.0836. The largest absolute Gasteiger partial charge is 0.274 e. The number of hydrogen-bond acceptors (Lipinski definition) is 2. The lowest BCUT2D eigenvalue weighted by Gasteiger charge is -2.24. The quantitative estimate of drug-likeness (QED) is 0.680. The molecule has 0 fully saturated rings. The third-order valence-electron chi connectivity index (χ3n) is 2.93. The number of fused-ring (bicyclic) bond motifs is 1. The van der Waals surface area contributed by atoms with Crippen LogP contribution in [0.3, 0.4) is 0 Å². The van der Waals surface area contributed by atoms with Gasteiger partial charge in [0.2, 0.25) is 11.8 Å². The Balaban J connectivity index is 2.52. The third kappa shape index (κ3) is 2.68. The Morgan fingerprint density at radius 2 is 2.00 bits per heavy atom. The zero-order valence-electron chi connectivity index (χ0n) is 9.70. The highest BCUT2D eigenvalue weighted by Crippen LogP contribution is 2.28. The molecule has 0 atom stereocenters. The van der Waals surface area contributed by atoms with Gasteiger partial charge in [-0.2, -0.15) is 0 Å². The molecule has 0 unspecified atom stereocenters. The molecule has 3 nitrogen and oxygen atoms in total. The minimum atomic E-state index is -0.195. The second-order valence-corrected chi connectivity index (χ2v) is 5.47. The lowest BCUT2D eigenvalue weighted by molar-refractivity contribution is -0.125. The van der Waals surface area contributed by atoms with Crippen molar-refractivity contribution in [3.8, 4) is 0 Å². The molecular weight excluding hydrogens is 329 g/mol. The summed E-state index contributed by atoms with van der Waals surface area (Å²) in [5.41, 5.74) is 1.86. The fraction of sp³-hybridized carbons (Fsp3) is 0.385. The summed E-state index contributed by atoms with van der Waals surface area (Å²) in [6.45, 7) is 1.45. The minimum Gasteiger partial charge on any atom is -0.274 e. The van der Waals surface area contributed by atoms with E-state index in [1.54, 1.807) is 0 Å². The number of halogens is 1. The zero-order valence-corrected chi connectivity index (χ0v) is 11.9. The first kappa shape index (κ1) is 12.5. The number of benzene rings is 1. The fourth-order valence-electron chi connectivity index (χ4n) is 2.16. The molecule has 0 saturated carbocycles. The van der Waals surface area contributed by atoms with Gasteiger partial charge in [0.05, 0.1) is 5.69 Å². The van der Waals surface area contributed by atoms with E-state index >= 15 is 0 Å². The number of rotatable bonds is 0. The average molecular weight is 343 g/mol. The number of nitrogens with zero attached hydrogens (tertiary/aromatic N) is 1. The molecule has 1 heterocycles. The van der Waals surface area contributed by atoms with Gasteiger partial charge in [0.25, 0.3) is 0 Å². The maximum absolute atomic E-state index is 12.0. The van der Waals surface area contributed by atoms with E-state index in [0.717, 1.165) is 34.1 Å². The van der Waals surface area contributed by atoms with Gasteiger partial charge in [0.1, 0.15) is 0 Å². The average Bonchev–Trinajstić information content (AvgIpc) is 2.24. The summed E-state index contributed by atoms with van der Waals surface area (Å²) < 4.78 is 1.14. The van der Waals surface area contributed by atoms with Crippen LogP contribution in [0, 0.1) is 3.57 Å². The first-order chi connectivity index (χ1) is 8.09. The molecule has 2 rings (SSSR count). The summed E-state index contributed by atoms with van der Waals surface area (Å²) in [6, 6.07) is 5.87. The molecule has 0 aliphatic carbocycles. The predicted molar refractivity (Wildman–Crippen MR) is 74.9 cm³/mol. The van der Waals surface area contributed by atoms with Crippen molar-refractivity contribution in [2.24, 2.45) is 0 Å². The van der Waals surface area contributed by atoms with E-state index in [-0.39, 0.29) is 11.8 Å². The lowest BCUT2D eigenvalue weighted by atomic mass is 10.0. The topological polar surface area (TPSA) is 37.4 Å². The molecule has 1 aromatic rings. The van der Waals surface area contributed by atoms with Crippen LogP contribution >= 0.6 is 22.6 Å². The SMILES string of the molecule is CC(=O)N1C(=O)CCCCc2cc(I)ccc21. The molecule has 2 amide bonds. The standard InChI is InChI=1S/C13H14INO2/c1-9(16)15-12-7-6-11(14)8-10(12)4-2-3-5-13(15)17/h6-8H,2-5H2,1H3. The van der Waals surface area contributed by atoms with Crippen molar-refractivity contribution in [2.75, 3.05) is 4.90 Å². The Morgan fingerprint density at radius 1 is 1.29 bits per heavy atom. The number of carbonyl (C=O) groups excluding carboxylic acids is 2. The van der Waals surface area contributed by atoms with Gasteiger partial charge >= 0.3 is 0 Å². The molecule has 1 aliphatic heterocycles. The summed E-state index contributed by atoms with van der Waals surface area (Å²) in [7, 11) is 0. The maximum atomic E-state index is 12.0. The van der Waals surface area contributed by atoms with E-state index in [4.69, 9.17) is 0 Å². The number of anilines is 1. The second kappa shape index (κ2) is 5.16. The highest BCUT2D eigenvalue weighted by molar-refractivity contribution is 14.1. The van der Waals surface area contributed by atoms with Crippen LogP contribution in [-0.2, 0) is 16.0 Å². The van der Waals surface area contributed by atoms with E-state index in [2.05, 4.69) is 28.7 Å². The molecule has 90 valence electrons. The molecule has 0 N–H and O–H groups in total. The van der Waals surface area contributed by atoms with Crippen molar-refractivity contribution >= 4 is 40.1 Å². The Labute approximate surface area is 114 Å². The van der Waals surface area contributed by atoms with Crippen LogP contribution in [0.25, 0.3) is 0 Å². The smallest absolute Gasteiger partial charge is 0.233 e. The van der Waals surface area contributed by atoms with Crippen LogP contribution in [0.15, 0.2) is 18.2 Å². The molecule has 1 aliphatic rings. The van der Waals surface area contributed by atoms with Crippen molar-refractivity contribution in [1.29, 1.82) is 0 Å². The van der Waals surface area contributed by atoms with Gasteiger partial charge in [-0.25, -0.2) is 0 Å². The summed E-state index contributed by atoms with van der Waals surface area (Å²) in [6.07, 6.45) is 3.26. The van der Waals surface area contributed by atoms with Crippen molar-refractivity contribution < 1.29 is 9.59 Å². The Kier molecular flexibility index (Phi) is 3.81. The Morgan fingerprint density at radius 3 is 2.71 bits per heavy atom. The van der Waals surface area contributed by atoms with E-state index in [0.29, 0.717) is 6.42 Å². The summed E-state index contributed by atoms with van der Waals surface area (Å²) in [5.74, 6) is -0.279. The van der Waals surface area contributed by atoms with E-state index in [9.17, 15) is 9.59 Å². The molecule has 0 bridgehead atoms. The lowest BCUT2D eigenvalue weighted by Crippen LogP contribution is -2.36. The zero-order chi connectivity index (χ0) is 12.4. The highest BCUT2D eigenvalue weighted by Gasteiger charge is 2.24. The number of carbonyl (C=O) groups is 2. The predicted octanol–water partition coefficient (Wildman–Crippen LogP) is 2.90. The molecule has 0 radical (unpaired) electrons. The normalized spacial score (nSPS) is 16.1. The maximum Gasteiger partial charge on any atom is 0.233 e. The summed E-state index contributed by atoms with van der Waals surface area (Å²) in [4.78, 5) is 24.9. The Bertz CT molecular complexity index is 470. The van der Waals surface area contributed by atoms with E-state index < -0.39 is 0 Å². The van der Waals surface area contributed by atoms with E-state index in [1.165, 1.54) is 11.8 Å². The summed E-state index contributed by atoms with van der Waals surface area (Å²) in [5, 5.41) is 0. The third-order valence-corrected chi connectivity index (χ3v) is 3.60. The first-order valence-electron chi connectivity index (χ1n) is 5.71. The molecule has 17 heavy (non-hydrogen) atoms. The van der Waals surface area contributed by atoms with Gasteiger partial charge in [0, 0.05) is 16.9 Å². The van der Waals surface area contributed by atoms with Gasteiger partial charge in [-0.1, -0.05) is 0 Å². The van der Waals surface area contributed by atoms with Crippen molar-refractivity contribution in [3.05, 3.63) is 27.3 Å². The fourth-order valence-corrected chi connectivity index (χ4v) is 2.71. The molecule has 0 saturated heterocycles. The second-order valence-electron chi connectivity index (χ2n) is 4.23. The van der Waals surface area contributed by atoms with Crippen LogP contribution in [-0.4, -0.2) is 11.8 Å². The van der Waals surface area contributed by atoms with Crippen LogP contribution < -0.4 is 4.90 Å². The monoisotopic (exact) mass is 343 g/mol. The first-order valence-corrected chi connectivity index (χ1v) is 6.79. The van der Waals surface area contributed by atoms with Crippen LogP contribution in [0.1, 0.15) is 31.7 Å². The number of hydrogen-bond donors (Lipinski definition) is 0. The van der Waals surface area contributed by atoms with Gasteiger partial charge in [-0.3, -0.25) is 14.5 Å². The molecule has 1 aromatic carbocycles. The molecule has 0 aromatic heterocycles. The van der Waals surface area contributed by atoms with Crippen LogP contribution in [0.5, 0.6) is 0 Å². The number of amides is 2. The van der Waals surface area contributed by atoms with Gasteiger partial charge in [0.15, 0.2) is 0 Å². The molecular formula is C13H14INO2. The van der Waals surface area contributed by atoms with Gasteiger partial charge in [-0.05, 0) is 65.6 Å². The van der Waals surface area contributed by atoms with Gasteiger partial charge in [-0.15, -0.1) is 0 Å². The number of aryl methyl sites for hydroxylation is 1. The van der Waals surface area contributed by atoms with E-state index in [1.807, 2.05) is 12.1 Å². The van der Waals surface area contributed by atoms with Gasteiger partial charge < -0.3 is 0 Å². The number of imide groups is 1. The highest BCUT2D eigenvalue weighted by atomic mass is 127. The van der Waals surface area contributed by atoms with Crippen molar-refractivity contribution in [3.63, 3.8) is 0 Å².